The van der Waals surface area contributed by atoms with Crippen LogP contribution < -0.4 is 10.6 Å². The van der Waals surface area contributed by atoms with E-state index in [0.29, 0.717) is 19.0 Å². The number of hydrogen-bond acceptors (Lipinski definition) is 6. The van der Waals surface area contributed by atoms with Crippen LogP contribution in [-0.2, 0) is 4.74 Å². The maximum atomic E-state index is 13.5. The number of halogens is 1. The predicted octanol–water partition coefficient (Wildman–Crippen LogP) is 1.18. The summed E-state index contributed by atoms with van der Waals surface area (Å²) in [6.45, 7) is 7.91. The normalized spacial score (nSPS) is 16.1. The highest BCUT2D eigenvalue weighted by Gasteiger charge is 2.10. The Balaban J connectivity index is 1.73. The molecule has 0 aromatic carbocycles. The maximum absolute atomic E-state index is 13.5. The van der Waals surface area contributed by atoms with Crippen molar-refractivity contribution >= 4 is 11.8 Å². The third-order valence-corrected chi connectivity index (χ3v) is 3.13. The summed E-state index contributed by atoms with van der Waals surface area (Å²) in [5, 5.41) is 5.99. The van der Waals surface area contributed by atoms with E-state index < -0.39 is 5.82 Å². The molecule has 2 heterocycles. The van der Waals surface area contributed by atoms with E-state index >= 15 is 0 Å². The van der Waals surface area contributed by atoms with Gasteiger partial charge in [0.2, 0.25) is 5.95 Å². The van der Waals surface area contributed by atoms with Crippen molar-refractivity contribution in [3.63, 3.8) is 0 Å². The molecule has 112 valence electrons. The molecule has 0 radical (unpaired) electrons. The van der Waals surface area contributed by atoms with E-state index in [9.17, 15) is 4.39 Å². The van der Waals surface area contributed by atoms with Crippen LogP contribution in [0.5, 0.6) is 0 Å². The number of aromatic nitrogens is 2. The van der Waals surface area contributed by atoms with Crippen molar-refractivity contribution in [2.75, 3.05) is 56.6 Å². The molecule has 0 amide bonds. The Labute approximate surface area is 118 Å². The largest absolute Gasteiger partial charge is 0.379 e. The molecular formula is C13H22FN5O. The van der Waals surface area contributed by atoms with E-state index in [4.69, 9.17) is 4.74 Å². The topological polar surface area (TPSA) is 62.3 Å². The zero-order valence-corrected chi connectivity index (χ0v) is 11.9. The van der Waals surface area contributed by atoms with Gasteiger partial charge >= 0.3 is 0 Å². The molecule has 20 heavy (non-hydrogen) atoms. The van der Waals surface area contributed by atoms with Gasteiger partial charge in [0.05, 0.1) is 19.4 Å². The molecule has 0 atom stereocenters. The Kier molecular flexibility index (Phi) is 5.94. The van der Waals surface area contributed by atoms with E-state index in [1.165, 1.54) is 6.20 Å². The first-order valence-corrected chi connectivity index (χ1v) is 7.10. The summed E-state index contributed by atoms with van der Waals surface area (Å²) in [5.74, 6) is 0.292. The minimum atomic E-state index is -0.418. The highest BCUT2D eigenvalue weighted by molar-refractivity contribution is 5.40. The second-order valence-corrected chi connectivity index (χ2v) is 4.65. The number of hydrogen-bond donors (Lipinski definition) is 2. The number of ether oxygens (including phenoxy) is 1. The Hall–Kier alpha value is -1.47. The minimum absolute atomic E-state index is 0.262. The molecule has 6 nitrogen and oxygen atoms in total. The van der Waals surface area contributed by atoms with Crippen molar-refractivity contribution in [2.45, 2.75) is 13.3 Å². The standard InChI is InChI=1S/C13H22FN5O/c1-2-15-13-17-10-11(14)12(18-13)16-4-3-5-19-6-8-20-9-7-19/h10H,2-9H2,1H3,(H2,15,16,17,18). The van der Waals surface area contributed by atoms with Gasteiger partial charge in [-0.2, -0.15) is 4.98 Å². The molecular weight excluding hydrogens is 261 g/mol. The number of rotatable bonds is 7. The SMILES string of the molecule is CCNc1ncc(F)c(NCCCN2CCOCC2)n1. The van der Waals surface area contributed by atoms with Gasteiger partial charge in [-0.1, -0.05) is 0 Å². The van der Waals surface area contributed by atoms with Crippen LogP contribution in [0.25, 0.3) is 0 Å². The smallest absolute Gasteiger partial charge is 0.224 e. The van der Waals surface area contributed by atoms with Crippen molar-refractivity contribution < 1.29 is 9.13 Å². The summed E-state index contributed by atoms with van der Waals surface area (Å²) < 4.78 is 18.8. The van der Waals surface area contributed by atoms with Crippen LogP contribution >= 0.6 is 0 Å². The molecule has 1 fully saturated rings. The number of nitrogens with one attached hydrogen (secondary N) is 2. The molecule has 2 N–H and O–H groups in total. The first-order valence-electron chi connectivity index (χ1n) is 7.10. The van der Waals surface area contributed by atoms with E-state index in [1.807, 2.05) is 6.92 Å². The highest BCUT2D eigenvalue weighted by atomic mass is 19.1. The van der Waals surface area contributed by atoms with Gasteiger partial charge in [-0.05, 0) is 19.9 Å². The molecule has 1 aromatic rings. The van der Waals surface area contributed by atoms with Gasteiger partial charge in [-0.25, -0.2) is 9.37 Å². The van der Waals surface area contributed by atoms with Crippen molar-refractivity contribution in [2.24, 2.45) is 0 Å². The monoisotopic (exact) mass is 283 g/mol. The Morgan fingerprint density at radius 3 is 2.90 bits per heavy atom. The zero-order chi connectivity index (χ0) is 14.2. The molecule has 1 aliphatic rings. The van der Waals surface area contributed by atoms with E-state index in [-0.39, 0.29) is 5.82 Å². The van der Waals surface area contributed by atoms with Crippen LogP contribution in [0.2, 0.25) is 0 Å². The third kappa shape index (κ3) is 4.57. The van der Waals surface area contributed by atoms with Crippen molar-refractivity contribution in [1.82, 2.24) is 14.9 Å². The van der Waals surface area contributed by atoms with Crippen LogP contribution in [-0.4, -0.2) is 60.8 Å². The minimum Gasteiger partial charge on any atom is -0.379 e. The van der Waals surface area contributed by atoms with Crippen LogP contribution in [0.15, 0.2) is 6.20 Å². The van der Waals surface area contributed by atoms with Crippen LogP contribution in [0, 0.1) is 5.82 Å². The van der Waals surface area contributed by atoms with Gasteiger partial charge in [0.15, 0.2) is 11.6 Å². The summed E-state index contributed by atoms with van der Waals surface area (Å²) in [6.07, 6.45) is 2.13. The number of morpholine rings is 1. The molecule has 0 spiro atoms. The van der Waals surface area contributed by atoms with E-state index in [2.05, 4.69) is 25.5 Å². The molecule has 1 aliphatic heterocycles. The Bertz CT molecular complexity index is 412. The summed E-state index contributed by atoms with van der Waals surface area (Å²) >= 11 is 0. The quantitative estimate of drug-likeness (QED) is 0.733. The van der Waals surface area contributed by atoms with Crippen LogP contribution in [0.3, 0.4) is 0 Å². The predicted molar refractivity (Wildman–Crippen MR) is 76.5 cm³/mol. The van der Waals surface area contributed by atoms with Crippen molar-refractivity contribution in [3.8, 4) is 0 Å². The molecule has 0 bridgehead atoms. The van der Waals surface area contributed by atoms with Gasteiger partial charge in [-0.15, -0.1) is 0 Å². The molecule has 0 aliphatic carbocycles. The fourth-order valence-corrected chi connectivity index (χ4v) is 2.07. The van der Waals surface area contributed by atoms with Crippen LogP contribution in [0.4, 0.5) is 16.2 Å². The van der Waals surface area contributed by atoms with Crippen LogP contribution in [0.1, 0.15) is 13.3 Å². The lowest BCUT2D eigenvalue weighted by Gasteiger charge is -2.26. The number of anilines is 2. The van der Waals surface area contributed by atoms with Gasteiger partial charge in [-0.3, -0.25) is 4.90 Å². The fourth-order valence-electron chi connectivity index (χ4n) is 2.07. The summed E-state index contributed by atoms with van der Waals surface area (Å²) in [7, 11) is 0. The van der Waals surface area contributed by atoms with Gasteiger partial charge in [0.1, 0.15) is 0 Å². The summed E-state index contributed by atoms with van der Waals surface area (Å²) in [4.78, 5) is 10.3. The third-order valence-electron chi connectivity index (χ3n) is 3.13. The average Bonchev–Trinajstić information content (AvgIpc) is 2.48. The zero-order valence-electron chi connectivity index (χ0n) is 11.9. The molecule has 0 unspecified atom stereocenters. The first kappa shape index (κ1) is 14.9. The molecule has 7 heteroatoms. The second kappa shape index (κ2) is 7.96. The van der Waals surface area contributed by atoms with Gasteiger partial charge in [0.25, 0.3) is 0 Å². The molecule has 1 saturated heterocycles. The maximum Gasteiger partial charge on any atom is 0.224 e. The highest BCUT2D eigenvalue weighted by Crippen LogP contribution is 2.11. The average molecular weight is 283 g/mol. The lowest BCUT2D eigenvalue weighted by Crippen LogP contribution is -2.37. The summed E-state index contributed by atoms with van der Waals surface area (Å²) in [6, 6.07) is 0. The molecule has 2 rings (SSSR count). The van der Waals surface area contributed by atoms with E-state index in [0.717, 1.165) is 39.3 Å². The fraction of sp³-hybridized carbons (Fsp3) is 0.692. The van der Waals surface area contributed by atoms with E-state index in [1.54, 1.807) is 0 Å². The van der Waals surface area contributed by atoms with Crippen molar-refractivity contribution in [3.05, 3.63) is 12.0 Å². The summed E-state index contributed by atoms with van der Waals surface area (Å²) in [5.41, 5.74) is 0. The Morgan fingerprint density at radius 1 is 1.35 bits per heavy atom. The first-order chi connectivity index (χ1) is 9.79. The van der Waals surface area contributed by atoms with Gasteiger partial charge in [0, 0.05) is 26.2 Å². The van der Waals surface area contributed by atoms with Crippen molar-refractivity contribution in [1.29, 1.82) is 0 Å². The molecule has 1 aromatic heterocycles. The lowest BCUT2D eigenvalue weighted by molar-refractivity contribution is 0.0378. The Morgan fingerprint density at radius 2 is 2.15 bits per heavy atom. The lowest BCUT2D eigenvalue weighted by atomic mass is 10.3. The van der Waals surface area contributed by atoms with Gasteiger partial charge < -0.3 is 15.4 Å². The number of nitrogens with zero attached hydrogens (tertiary/aromatic N) is 3. The second-order valence-electron chi connectivity index (χ2n) is 4.65. The molecule has 0 saturated carbocycles.